The molecule has 0 radical (unpaired) electrons. The predicted octanol–water partition coefficient (Wildman–Crippen LogP) is 5.05. The molecule has 0 atom stereocenters. The molecule has 6 heteroatoms. The molecule has 0 aromatic heterocycles. The van der Waals surface area contributed by atoms with E-state index in [2.05, 4.69) is 122 Å². The Kier molecular flexibility index (Phi) is 7.98. The average molecular weight is 474 g/mol. The second kappa shape index (κ2) is 10.0. The van der Waals surface area contributed by atoms with Gasteiger partial charge in [-0.25, -0.2) is 0 Å². The zero-order chi connectivity index (χ0) is 22.3. The van der Waals surface area contributed by atoms with Crippen LogP contribution in [0, 0.1) is 16.0 Å². The van der Waals surface area contributed by atoms with E-state index in [9.17, 15) is 17.3 Å². The van der Waals surface area contributed by atoms with Crippen molar-refractivity contribution < 1.29 is 17.3 Å². The van der Waals surface area contributed by atoms with Crippen LogP contribution in [0.15, 0.2) is 91.0 Å². The molecule has 0 spiro atoms. The first-order valence-corrected chi connectivity index (χ1v) is 13.3. The van der Waals surface area contributed by atoms with E-state index in [1.165, 1.54) is 13.1 Å². The minimum atomic E-state index is -6.00. The summed E-state index contributed by atoms with van der Waals surface area (Å²) in [6, 6.07) is 32.6. The van der Waals surface area contributed by atoms with Crippen molar-refractivity contribution in [2.75, 3.05) is 0 Å². The second-order valence-electron chi connectivity index (χ2n) is 7.66. The van der Waals surface area contributed by atoms with Crippen molar-refractivity contribution in [1.29, 1.82) is 0 Å². The largest absolute Gasteiger partial charge is 0.673 e. The van der Waals surface area contributed by atoms with Crippen LogP contribution in [-0.2, 0) is 0 Å². The maximum Gasteiger partial charge on any atom is 0.673 e. The smallest absolute Gasteiger partial charge is 0.418 e. The topological polar surface area (TPSA) is 0 Å². The Balaban J connectivity index is 0.000000575. The molecule has 0 aliphatic heterocycles. The molecule has 0 saturated heterocycles. The Morgan fingerprint density at radius 3 is 1.10 bits per heavy atom. The summed E-state index contributed by atoms with van der Waals surface area (Å²) in [6.45, 7) is 6.56. The Hall–Kier alpha value is -2.44. The van der Waals surface area contributed by atoms with Gasteiger partial charge in [0.05, 0.1) is 0 Å². The molecule has 156 valence electrons. The van der Waals surface area contributed by atoms with Crippen molar-refractivity contribution in [3.8, 4) is 10.6 Å². The molecule has 0 N–H and O–H groups in total. The van der Waals surface area contributed by atoms with Crippen LogP contribution in [0.3, 0.4) is 0 Å². The summed E-state index contributed by atoms with van der Waals surface area (Å²) < 4.78 is 47.0. The molecule has 30 heavy (non-hydrogen) atoms. The maximum atomic E-state index is 9.75. The van der Waals surface area contributed by atoms with Crippen LogP contribution in [-0.4, -0.2) is 20.8 Å². The molecule has 0 amide bonds. The average Bonchev–Trinajstić information content (AvgIpc) is 2.69. The number of rotatable bonds is 3. The molecule has 0 aliphatic rings. The molecular formula is C24H24AsBF4. The normalized spacial score (nSPS) is 11.6. The first-order chi connectivity index (χ1) is 14.0. The van der Waals surface area contributed by atoms with Crippen molar-refractivity contribution >= 4 is 33.9 Å². The Morgan fingerprint density at radius 1 is 0.600 bits per heavy atom. The minimum Gasteiger partial charge on any atom is -0.418 e. The van der Waals surface area contributed by atoms with Gasteiger partial charge in [0.1, 0.15) is 0 Å². The molecule has 0 bridgehead atoms. The second-order valence-corrected chi connectivity index (χ2v) is 14.2. The molecular weight excluding hydrogens is 450 g/mol. The number of hydrogen-bond acceptors (Lipinski definition) is 0. The molecule has 0 saturated carbocycles. The van der Waals surface area contributed by atoms with E-state index in [-0.39, 0.29) is 5.41 Å². The van der Waals surface area contributed by atoms with Gasteiger partial charge < -0.3 is 17.3 Å². The molecule has 3 rings (SSSR count). The minimum absolute atomic E-state index is 0.0229. The van der Waals surface area contributed by atoms with E-state index >= 15 is 0 Å². The van der Waals surface area contributed by atoms with Gasteiger partial charge in [0.2, 0.25) is 0 Å². The maximum absolute atomic E-state index is 9.75. The summed E-state index contributed by atoms with van der Waals surface area (Å²) in [5.74, 6) is 3.58. The van der Waals surface area contributed by atoms with Crippen molar-refractivity contribution in [1.82, 2.24) is 0 Å². The van der Waals surface area contributed by atoms with Crippen LogP contribution in [0.25, 0.3) is 0 Å². The summed E-state index contributed by atoms with van der Waals surface area (Å²) in [4.78, 5) is 0. The van der Waals surface area contributed by atoms with E-state index in [0.717, 1.165) is 0 Å². The van der Waals surface area contributed by atoms with Crippen LogP contribution in [0.5, 0.6) is 0 Å². The van der Waals surface area contributed by atoms with Crippen LogP contribution in [0.1, 0.15) is 20.8 Å². The first kappa shape index (κ1) is 23.8. The molecule has 0 unspecified atom stereocenters. The van der Waals surface area contributed by atoms with Gasteiger partial charge in [-0.15, -0.1) is 0 Å². The van der Waals surface area contributed by atoms with Crippen LogP contribution in [0.4, 0.5) is 17.3 Å². The van der Waals surface area contributed by atoms with Crippen LogP contribution >= 0.6 is 0 Å². The third kappa shape index (κ3) is 7.11. The zero-order valence-electron chi connectivity index (χ0n) is 17.2. The van der Waals surface area contributed by atoms with Gasteiger partial charge >= 0.3 is 162 Å². The Morgan fingerprint density at radius 2 is 0.867 bits per heavy atom. The van der Waals surface area contributed by atoms with Gasteiger partial charge in [0, 0.05) is 0 Å². The van der Waals surface area contributed by atoms with E-state index in [4.69, 9.17) is 0 Å². The fraction of sp³-hybridized carbons (Fsp3) is 0.167. The van der Waals surface area contributed by atoms with Gasteiger partial charge in [-0.1, -0.05) is 0 Å². The molecule has 0 nitrogen and oxygen atoms in total. The Labute approximate surface area is 178 Å². The summed E-state index contributed by atoms with van der Waals surface area (Å²) in [5, 5.41) is 0. The molecule has 3 aromatic carbocycles. The quantitative estimate of drug-likeness (QED) is 0.284. The van der Waals surface area contributed by atoms with Crippen LogP contribution in [0.2, 0.25) is 0 Å². The SMILES string of the molecule is CC(C)(C)C#C[As+](c1ccccc1)(c1ccccc1)c1ccccc1.F[B-](F)(F)F. The molecule has 3 aromatic rings. The fourth-order valence-corrected chi connectivity index (χ4v) is 10.5. The monoisotopic (exact) mass is 474 g/mol. The van der Waals surface area contributed by atoms with E-state index in [1.807, 2.05) is 0 Å². The molecule has 0 fully saturated rings. The standard InChI is InChI=1S/C24H24As.BF4/c1-24(2,3)19-20-25(21-13-7-4-8-14-21,22-15-9-5-10-16-22)23-17-11-6-12-18-23;2-1(3,4)5/h4-18H,1-3H3;/q+1;-1. The Bertz CT molecular complexity index is 868. The van der Waals surface area contributed by atoms with Crippen molar-refractivity contribution in [3.05, 3.63) is 91.0 Å². The fourth-order valence-electron chi connectivity index (χ4n) is 2.85. The van der Waals surface area contributed by atoms with E-state index in [1.54, 1.807) is 0 Å². The van der Waals surface area contributed by atoms with Gasteiger partial charge in [-0.2, -0.15) is 0 Å². The number of benzene rings is 3. The van der Waals surface area contributed by atoms with Gasteiger partial charge in [-0.3, -0.25) is 0 Å². The number of hydrogen-bond donors (Lipinski definition) is 0. The molecule has 0 heterocycles. The van der Waals surface area contributed by atoms with E-state index < -0.39 is 20.8 Å². The first-order valence-electron chi connectivity index (χ1n) is 9.50. The van der Waals surface area contributed by atoms with Crippen molar-refractivity contribution in [2.24, 2.45) is 5.41 Å². The van der Waals surface area contributed by atoms with Gasteiger partial charge in [0.25, 0.3) is 0 Å². The van der Waals surface area contributed by atoms with Crippen LogP contribution < -0.4 is 13.1 Å². The van der Waals surface area contributed by atoms with Crippen molar-refractivity contribution in [2.45, 2.75) is 20.8 Å². The third-order valence-electron chi connectivity index (χ3n) is 4.03. The van der Waals surface area contributed by atoms with Gasteiger partial charge in [0.15, 0.2) is 0 Å². The van der Waals surface area contributed by atoms with Crippen molar-refractivity contribution in [3.63, 3.8) is 0 Å². The molecule has 0 aliphatic carbocycles. The summed E-state index contributed by atoms with van der Waals surface area (Å²) in [6.07, 6.45) is 0. The summed E-state index contributed by atoms with van der Waals surface area (Å²) in [7, 11) is -6.00. The summed E-state index contributed by atoms with van der Waals surface area (Å²) in [5.41, 5.74) is -0.0229. The third-order valence-corrected chi connectivity index (χ3v) is 11.7. The van der Waals surface area contributed by atoms with E-state index in [0.29, 0.717) is 0 Å². The van der Waals surface area contributed by atoms with Gasteiger partial charge in [-0.05, 0) is 0 Å². The predicted molar refractivity (Wildman–Crippen MR) is 121 cm³/mol. The zero-order valence-corrected chi connectivity index (χ0v) is 19.1. The summed E-state index contributed by atoms with van der Waals surface area (Å²) >= 11 is -2.85. The number of halogens is 4.